The Balaban J connectivity index is 1.90. The minimum atomic E-state index is 0.753. The molecule has 0 unspecified atom stereocenters. The molecule has 2 heterocycles. The van der Waals surface area contributed by atoms with Gasteiger partial charge in [-0.2, -0.15) is 5.10 Å². The van der Waals surface area contributed by atoms with Crippen molar-refractivity contribution in [2.24, 2.45) is 0 Å². The zero-order chi connectivity index (χ0) is 15.6. The number of aromatic amines is 1. The van der Waals surface area contributed by atoms with Crippen LogP contribution in [0.25, 0.3) is 22.0 Å². The van der Waals surface area contributed by atoms with Crippen molar-refractivity contribution in [3.05, 3.63) is 72.4 Å². The highest BCUT2D eigenvalue weighted by atomic mass is 15.2. The quantitative estimate of drug-likeness (QED) is 0.577. The van der Waals surface area contributed by atoms with Gasteiger partial charge < -0.3 is 5.32 Å². The average Bonchev–Trinajstić information content (AvgIpc) is 3.07. The van der Waals surface area contributed by atoms with Gasteiger partial charge in [-0.05, 0) is 24.4 Å². The molecule has 0 atom stereocenters. The van der Waals surface area contributed by atoms with Crippen molar-refractivity contribution < 1.29 is 0 Å². The Morgan fingerprint density at radius 2 is 1.83 bits per heavy atom. The molecule has 0 aliphatic carbocycles. The fourth-order valence-corrected chi connectivity index (χ4v) is 2.74. The Bertz CT molecular complexity index is 958. The van der Waals surface area contributed by atoms with Crippen molar-refractivity contribution in [3.8, 4) is 11.3 Å². The van der Waals surface area contributed by atoms with Crippen LogP contribution in [0.5, 0.6) is 0 Å². The van der Waals surface area contributed by atoms with Crippen LogP contribution in [-0.4, -0.2) is 15.2 Å². The molecule has 2 N–H and O–H groups in total. The summed E-state index contributed by atoms with van der Waals surface area (Å²) >= 11 is 0. The number of nitrogens with one attached hydrogen (secondary N) is 2. The fraction of sp³-hybridized carbons (Fsp3) is 0.0526. The zero-order valence-corrected chi connectivity index (χ0v) is 12.7. The summed E-state index contributed by atoms with van der Waals surface area (Å²) in [6.45, 7) is 2.09. The van der Waals surface area contributed by atoms with Gasteiger partial charge in [-0.1, -0.05) is 48.0 Å². The van der Waals surface area contributed by atoms with Crippen molar-refractivity contribution in [2.75, 3.05) is 5.32 Å². The third-order valence-electron chi connectivity index (χ3n) is 3.79. The first-order valence-corrected chi connectivity index (χ1v) is 7.53. The van der Waals surface area contributed by atoms with Crippen molar-refractivity contribution in [3.63, 3.8) is 0 Å². The second-order valence-corrected chi connectivity index (χ2v) is 5.53. The van der Waals surface area contributed by atoms with Crippen molar-refractivity contribution >= 4 is 22.4 Å². The molecule has 0 amide bonds. The summed E-state index contributed by atoms with van der Waals surface area (Å²) in [6, 6.07) is 20.6. The van der Waals surface area contributed by atoms with Crippen molar-refractivity contribution in [1.29, 1.82) is 0 Å². The SMILES string of the molecule is Cc1cccc(-c2nc(Nc3cc[nH]n3)cc3ccccc23)c1. The van der Waals surface area contributed by atoms with Crippen molar-refractivity contribution in [2.45, 2.75) is 6.92 Å². The third-order valence-corrected chi connectivity index (χ3v) is 3.79. The van der Waals surface area contributed by atoms with Gasteiger partial charge in [0.25, 0.3) is 0 Å². The molecule has 4 heteroatoms. The van der Waals surface area contributed by atoms with Gasteiger partial charge in [0.05, 0.1) is 5.69 Å². The van der Waals surface area contributed by atoms with E-state index in [-0.39, 0.29) is 0 Å². The molecule has 2 aromatic carbocycles. The van der Waals surface area contributed by atoms with Gasteiger partial charge in [0, 0.05) is 23.2 Å². The molecular weight excluding hydrogens is 284 g/mol. The van der Waals surface area contributed by atoms with E-state index in [1.54, 1.807) is 6.20 Å². The topological polar surface area (TPSA) is 53.6 Å². The molecule has 0 aliphatic rings. The van der Waals surface area contributed by atoms with Crippen LogP contribution in [0.3, 0.4) is 0 Å². The number of fused-ring (bicyclic) bond motifs is 1. The van der Waals surface area contributed by atoms with Gasteiger partial charge in [0.2, 0.25) is 0 Å². The minimum Gasteiger partial charge on any atom is -0.323 e. The van der Waals surface area contributed by atoms with Crippen LogP contribution in [0.2, 0.25) is 0 Å². The van der Waals surface area contributed by atoms with E-state index >= 15 is 0 Å². The average molecular weight is 300 g/mol. The number of aromatic nitrogens is 3. The number of rotatable bonds is 3. The van der Waals surface area contributed by atoms with Crippen LogP contribution in [-0.2, 0) is 0 Å². The third kappa shape index (κ3) is 2.66. The molecule has 4 nitrogen and oxygen atoms in total. The van der Waals surface area contributed by atoms with Crippen LogP contribution in [0.15, 0.2) is 66.9 Å². The van der Waals surface area contributed by atoms with Crippen molar-refractivity contribution in [1.82, 2.24) is 15.2 Å². The highest BCUT2D eigenvalue weighted by molar-refractivity contribution is 5.96. The highest BCUT2D eigenvalue weighted by Crippen LogP contribution is 2.30. The number of pyridine rings is 1. The van der Waals surface area contributed by atoms with E-state index in [4.69, 9.17) is 4.98 Å². The molecule has 0 radical (unpaired) electrons. The summed E-state index contributed by atoms with van der Waals surface area (Å²) in [7, 11) is 0. The highest BCUT2D eigenvalue weighted by Gasteiger charge is 2.09. The number of anilines is 2. The first kappa shape index (κ1) is 13.5. The summed E-state index contributed by atoms with van der Waals surface area (Å²) in [5, 5.41) is 12.5. The van der Waals surface area contributed by atoms with Crippen LogP contribution >= 0.6 is 0 Å². The molecule has 0 spiro atoms. The lowest BCUT2D eigenvalue weighted by molar-refractivity contribution is 1.09. The lowest BCUT2D eigenvalue weighted by atomic mass is 10.0. The molecule has 23 heavy (non-hydrogen) atoms. The Morgan fingerprint density at radius 3 is 2.65 bits per heavy atom. The van der Waals surface area contributed by atoms with E-state index in [9.17, 15) is 0 Å². The monoisotopic (exact) mass is 300 g/mol. The molecule has 0 saturated heterocycles. The van der Waals surface area contributed by atoms with Crippen LogP contribution in [0.4, 0.5) is 11.6 Å². The molecular formula is C19H16N4. The summed E-state index contributed by atoms with van der Waals surface area (Å²) < 4.78 is 0. The number of hydrogen-bond acceptors (Lipinski definition) is 3. The minimum absolute atomic E-state index is 0.753. The van der Waals surface area contributed by atoms with E-state index in [2.05, 4.69) is 58.8 Å². The molecule has 0 bridgehead atoms. The van der Waals surface area contributed by atoms with E-state index in [1.807, 2.05) is 24.3 Å². The van der Waals surface area contributed by atoms with Gasteiger partial charge in [-0.3, -0.25) is 5.10 Å². The molecule has 4 aromatic rings. The summed E-state index contributed by atoms with van der Waals surface area (Å²) in [5.41, 5.74) is 3.32. The molecule has 0 fully saturated rings. The Morgan fingerprint density at radius 1 is 0.913 bits per heavy atom. The molecule has 4 rings (SSSR count). The lowest BCUT2D eigenvalue weighted by Crippen LogP contribution is -1.97. The van der Waals surface area contributed by atoms with E-state index < -0.39 is 0 Å². The van der Waals surface area contributed by atoms with Crippen LogP contribution in [0.1, 0.15) is 5.56 Å². The maximum atomic E-state index is 4.82. The normalized spacial score (nSPS) is 10.8. The first-order valence-electron chi connectivity index (χ1n) is 7.53. The predicted molar refractivity (Wildman–Crippen MR) is 93.8 cm³/mol. The van der Waals surface area contributed by atoms with Crippen LogP contribution < -0.4 is 5.32 Å². The predicted octanol–water partition coefficient (Wildman–Crippen LogP) is 4.68. The number of hydrogen-bond donors (Lipinski definition) is 2. The Labute approximate surface area is 134 Å². The number of aryl methyl sites for hydroxylation is 1. The van der Waals surface area contributed by atoms with Gasteiger partial charge in [0.15, 0.2) is 5.82 Å². The maximum absolute atomic E-state index is 4.82. The number of benzene rings is 2. The van der Waals surface area contributed by atoms with Gasteiger partial charge in [0.1, 0.15) is 5.82 Å². The molecule has 112 valence electrons. The largest absolute Gasteiger partial charge is 0.323 e. The molecule has 0 saturated carbocycles. The second kappa shape index (κ2) is 5.57. The molecule has 2 aromatic heterocycles. The molecule has 0 aliphatic heterocycles. The van der Waals surface area contributed by atoms with E-state index in [0.29, 0.717) is 0 Å². The zero-order valence-electron chi connectivity index (χ0n) is 12.7. The van der Waals surface area contributed by atoms with Gasteiger partial charge in [-0.25, -0.2) is 4.98 Å². The smallest absolute Gasteiger partial charge is 0.153 e. The van der Waals surface area contributed by atoms with Gasteiger partial charge in [-0.15, -0.1) is 0 Å². The van der Waals surface area contributed by atoms with Crippen LogP contribution in [0, 0.1) is 6.92 Å². The summed E-state index contributed by atoms with van der Waals surface area (Å²) in [5.74, 6) is 1.54. The summed E-state index contributed by atoms with van der Waals surface area (Å²) in [6.07, 6.45) is 1.78. The first-order chi connectivity index (χ1) is 11.3. The van der Waals surface area contributed by atoms with E-state index in [0.717, 1.165) is 33.7 Å². The maximum Gasteiger partial charge on any atom is 0.153 e. The lowest BCUT2D eigenvalue weighted by Gasteiger charge is -2.10. The Hall–Kier alpha value is -3.14. The standard InChI is InChI=1S/C19H16N4/c1-13-5-4-7-15(11-13)19-16-8-3-2-6-14(16)12-18(22-19)21-17-9-10-20-23-17/h2-12H,1H3,(H2,20,21,22,23). The van der Waals surface area contributed by atoms with E-state index in [1.165, 1.54) is 5.56 Å². The number of nitrogens with zero attached hydrogens (tertiary/aromatic N) is 2. The van der Waals surface area contributed by atoms with Gasteiger partial charge >= 0.3 is 0 Å². The Kier molecular flexibility index (Phi) is 3.27. The fourth-order valence-electron chi connectivity index (χ4n) is 2.74. The number of H-pyrrole nitrogens is 1. The second-order valence-electron chi connectivity index (χ2n) is 5.53. The summed E-state index contributed by atoms with van der Waals surface area (Å²) in [4.78, 5) is 4.82.